The normalized spacial score (nSPS) is 18.1. The number of benzene rings is 1. The van der Waals surface area contributed by atoms with Gasteiger partial charge in [0.15, 0.2) is 0 Å². The fraction of sp³-hybridized carbons (Fsp3) is 0.333. The molecule has 0 aliphatic carbocycles. The van der Waals surface area contributed by atoms with Gasteiger partial charge in [-0.3, -0.25) is 19.7 Å². The van der Waals surface area contributed by atoms with Gasteiger partial charge in [-0.1, -0.05) is 0 Å². The van der Waals surface area contributed by atoms with Gasteiger partial charge in [0.2, 0.25) is 11.8 Å². The number of nitrogens with zero attached hydrogens (tertiary/aromatic N) is 2. The Labute approximate surface area is 131 Å². The molecule has 23 heavy (non-hydrogen) atoms. The van der Waals surface area contributed by atoms with E-state index in [4.69, 9.17) is 5.73 Å². The monoisotopic (exact) mass is 321 g/mol. The molecule has 122 valence electrons. The number of rotatable bonds is 4. The zero-order chi connectivity index (χ0) is 17.0. The van der Waals surface area contributed by atoms with Crippen molar-refractivity contribution in [1.29, 1.82) is 0 Å². The van der Waals surface area contributed by atoms with Crippen LogP contribution in [0.25, 0.3) is 6.08 Å². The molecule has 0 saturated carbocycles. The van der Waals surface area contributed by atoms with Crippen molar-refractivity contribution in [2.24, 2.45) is 11.7 Å². The molecule has 7 nitrogen and oxygen atoms in total. The Kier molecular flexibility index (Phi) is 5.05. The summed E-state index contributed by atoms with van der Waals surface area (Å²) in [5, 5.41) is 10.9. The summed E-state index contributed by atoms with van der Waals surface area (Å²) in [7, 11) is 0. The third-order valence-corrected chi connectivity index (χ3v) is 3.73. The topological polar surface area (TPSA) is 107 Å². The molecule has 0 aromatic heterocycles. The highest BCUT2D eigenvalue weighted by atomic mass is 19.1. The zero-order valence-corrected chi connectivity index (χ0v) is 12.3. The molecular weight excluding hydrogens is 305 g/mol. The van der Waals surface area contributed by atoms with Gasteiger partial charge in [0, 0.05) is 19.2 Å². The Morgan fingerprint density at radius 1 is 1.43 bits per heavy atom. The van der Waals surface area contributed by atoms with Gasteiger partial charge in [-0.15, -0.1) is 0 Å². The molecule has 1 aliphatic rings. The lowest BCUT2D eigenvalue weighted by Crippen LogP contribution is -2.43. The first-order valence-electron chi connectivity index (χ1n) is 7.08. The van der Waals surface area contributed by atoms with Crippen LogP contribution in [0.1, 0.15) is 18.4 Å². The number of primary amides is 1. The van der Waals surface area contributed by atoms with Crippen LogP contribution in [-0.4, -0.2) is 34.7 Å². The van der Waals surface area contributed by atoms with Gasteiger partial charge in [0.1, 0.15) is 5.82 Å². The summed E-state index contributed by atoms with van der Waals surface area (Å²) in [6.45, 7) is 0.739. The minimum absolute atomic E-state index is 0.133. The van der Waals surface area contributed by atoms with E-state index < -0.39 is 22.3 Å². The van der Waals surface area contributed by atoms with Gasteiger partial charge >= 0.3 is 0 Å². The first kappa shape index (κ1) is 16.6. The first-order valence-corrected chi connectivity index (χ1v) is 7.08. The molecule has 8 heteroatoms. The number of nitrogens with two attached hydrogens (primary N) is 1. The van der Waals surface area contributed by atoms with Gasteiger partial charge in [0.25, 0.3) is 5.69 Å². The molecule has 2 rings (SSSR count). The summed E-state index contributed by atoms with van der Waals surface area (Å²) < 4.78 is 13.1. The van der Waals surface area contributed by atoms with Crippen molar-refractivity contribution in [1.82, 2.24) is 4.90 Å². The number of nitro groups is 1. The van der Waals surface area contributed by atoms with Gasteiger partial charge in [-0.25, -0.2) is 4.39 Å². The molecule has 2 N–H and O–H groups in total. The fourth-order valence-corrected chi connectivity index (χ4v) is 2.49. The number of likely N-dealkylation sites (tertiary alicyclic amines) is 1. The Hall–Kier alpha value is -2.77. The predicted molar refractivity (Wildman–Crippen MR) is 80.6 cm³/mol. The summed E-state index contributed by atoms with van der Waals surface area (Å²) in [5.74, 6) is -1.91. The van der Waals surface area contributed by atoms with Crippen LogP contribution in [0.15, 0.2) is 24.3 Å². The molecule has 1 aromatic carbocycles. The average molecular weight is 321 g/mol. The smallest absolute Gasteiger partial charge is 0.279 e. The second-order valence-corrected chi connectivity index (χ2v) is 5.32. The average Bonchev–Trinajstić information content (AvgIpc) is 2.53. The number of hydrogen-bond acceptors (Lipinski definition) is 4. The number of carbonyl (C=O) groups excluding carboxylic acids is 2. The van der Waals surface area contributed by atoms with E-state index in [1.54, 1.807) is 0 Å². The van der Waals surface area contributed by atoms with E-state index in [-0.39, 0.29) is 23.9 Å². The van der Waals surface area contributed by atoms with E-state index in [2.05, 4.69) is 0 Å². The van der Waals surface area contributed by atoms with Crippen molar-refractivity contribution < 1.29 is 18.9 Å². The molecule has 1 atom stereocenters. The fourth-order valence-electron chi connectivity index (χ4n) is 2.49. The summed E-state index contributed by atoms with van der Waals surface area (Å²) in [6, 6.07) is 3.12. The van der Waals surface area contributed by atoms with E-state index >= 15 is 0 Å². The maximum absolute atomic E-state index is 13.1. The minimum Gasteiger partial charge on any atom is -0.369 e. The summed E-state index contributed by atoms with van der Waals surface area (Å²) in [4.78, 5) is 35.0. The molecule has 0 spiro atoms. The SMILES string of the molecule is NC(=O)C1CCCN(C(=O)/C=C/c2ccc(F)cc2[N+](=O)[O-])C1. The van der Waals surface area contributed by atoms with Crippen LogP contribution in [0, 0.1) is 21.8 Å². The van der Waals surface area contributed by atoms with Gasteiger partial charge in [0.05, 0.1) is 22.5 Å². The molecule has 1 aliphatic heterocycles. The van der Waals surface area contributed by atoms with E-state index in [9.17, 15) is 24.1 Å². The number of halogens is 1. The molecule has 0 radical (unpaired) electrons. The Balaban J connectivity index is 2.12. The van der Waals surface area contributed by atoms with Crippen molar-refractivity contribution in [2.75, 3.05) is 13.1 Å². The molecule has 1 heterocycles. The maximum Gasteiger partial charge on any atom is 0.279 e. The van der Waals surface area contributed by atoms with Gasteiger partial charge in [-0.05, 0) is 31.1 Å². The van der Waals surface area contributed by atoms with Crippen molar-refractivity contribution in [3.63, 3.8) is 0 Å². The van der Waals surface area contributed by atoms with Crippen LogP contribution in [0.2, 0.25) is 0 Å². The van der Waals surface area contributed by atoms with Crippen molar-refractivity contribution >= 4 is 23.6 Å². The summed E-state index contributed by atoms with van der Waals surface area (Å²) in [5.41, 5.74) is 4.97. The summed E-state index contributed by atoms with van der Waals surface area (Å²) >= 11 is 0. The molecular formula is C15H16FN3O4. The molecule has 1 unspecified atom stereocenters. The third kappa shape index (κ3) is 4.12. The molecule has 1 aromatic rings. The Morgan fingerprint density at radius 2 is 2.17 bits per heavy atom. The lowest BCUT2D eigenvalue weighted by atomic mass is 9.97. The van der Waals surface area contributed by atoms with Crippen LogP contribution >= 0.6 is 0 Å². The second-order valence-electron chi connectivity index (χ2n) is 5.32. The lowest BCUT2D eigenvalue weighted by molar-refractivity contribution is -0.385. The quantitative estimate of drug-likeness (QED) is 0.515. The summed E-state index contributed by atoms with van der Waals surface area (Å²) in [6.07, 6.45) is 3.77. The first-order chi connectivity index (χ1) is 10.9. The number of amides is 2. The maximum atomic E-state index is 13.1. The van der Waals surface area contributed by atoms with Crippen LogP contribution in [-0.2, 0) is 9.59 Å². The molecule has 1 fully saturated rings. The van der Waals surface area contributed by atoms with Crippen LogP contribution in [0.5, 0.6) is 0 Å². The number of piperidine rings is 1. The van der Waals surface area contributed by atoms with E-state index in [0.717, 1.165) is 12.1 Å². The van der Waals surface area contributed by atoms with Crippen LogP contribution < -0.4 is 5.73 Å². The van der Waals surface area contributed by atoms with Crippen molar-refractivity contribution in [3.8, 4) is 0 Å². The van der Waals surface area contributed by atoms with E-state index in [1.165, 1.54) is 23.1 Å². The van der Waals surface area contributed by atoms with Crippen molar-refractivity contribution in [2.45, 2.75) is 12.8 Å². The zero-order valence-electron chi connectivity index (χ0n) is 12.3. The van der Waals surface area contributed by atoms with Crippen LogP contribution in [0.4, 0.5) is 10.1 Å². The van der Waals surface area contributed by atoms with Gasteiger partial charge in [-0.2, -0.15) is 0 Å². The minimum atomic E-state index is -0.722. The van der Waals surface area contributed by atoms with Crippen LogP contribution in [0.3, 0.4) is 0 Å². The highest BCUT2D eigenvalue weighted by Gasteiger charge is 2.26. The third-order valence-electron chi connectivity index (χ3n) is 3.73. The highest BCUT2D eigenvalue weighted by Crippen LogP contribution is 2.22. The molecule has 1 saturated heterocycles. The standard InChI is InChI=1S/C15H16FN3O4/c16-12-5-3-10(13(8-12)19(22)23)4-6-14(20)18-7-1-2-11(9-18)15(17)21/h3-6,8,11H,1-2,7,9H2,(H2,17,21)/b6-4+. The van der Waals surface area contributed by atoms with Gasteiger partial charge < -0.3 is 10.6 Å². The molecule has 0 bridgehead atoms. The number of hydrogen-bond donors (Lipinski definition) is 1. The van der Waals surface area contributed by atoms with E-state index in [0.29, 0.717) is 19.4 Å². The Morgan fingerprint density at radius 3 is 2.83 bits per heavy atom. The lowest BCUT2D eigenvalue weighted by Gasteiger charge is -2.30. The highest BCUT2D eigenvalue weighted by molar-refractivity contribution is 5.93. The second kappa shape index (κ2) is 6.99. The van der Waals surface area contributed by atoms with Crippen molar-refractivity contribution in [3.05, 3.63) is 45.8 Å². The Bertz CT molecular complexity index is 675. The largest absolute Gasteiger partial charge is 0.369 e. The van der Waals surface area contributed by atoms with E-state index in [1.807, 2.05) is 0 Å². The predicted octanol–water partition coefficient (Wildman–Crippen LogP) is 1.47. The number of nitro benzene ring substituents is 1. The number of carbonyl (C=O) groups is 2. The molecule has 2 amide bonds.